The molecule has 1 unspecified atom stereocenters. The standard InChI is InChI=1S/C18H22N2O5S/c1-13-10-16(11-18(21)19(13)2)25-15-8-9-20(12-15)26(22,23)17-6-4-14(24-3)5-7-17/h4-7,10-11,15H,8-9,12H2,1-3H3. The van der Waals surface area contributed by atoms with E-state index in [1.165, 1.54) is 34.2 Å². The second-order valence-electron chi connectivity index (χ2n) is 6.30. The van der Waals surface area contributed by atoms with E-state index in [4.69, 9.17) is 9.47 Å². The van der Waals surface area contributed by atoms with Crippen molar-refractivity contribution >= 4 is 10.0 Å². The molecule has 2 aromatic rings. The fourth-order valence-electron chi connectivity index (χ4n) is 2.91. The number of aromatic nitrogens is 1. The van der Waals surface area contributed by atoms with E-state index in [9.17, 15) is 13.2 Å². The third kappa shape index (κ3) is 3.61. The van der Waals surface area contributed by atoms with E-state index in [1.807, 2.05) is 6.92 Å². The van der Waals surface area contributed by atoms with E-state index in [1.54, 1.807) is 25.2 Å². The second kappa shape index (κ2) is 7.13. The van der Waals surface area contributed by atoms with Crippen molar-refractivity contribution in [2.24, 2.45) is 7.05 Å². The number of sulfonamides is 1. The summed E-state index contributed by atoms with van der Waals surface area (Å²) >= 11 is 0. The first kappa shape index (κ1) is 18.5. The lowest BCUT2D eigenvalue weighted by atomic mass is 10.3. The van der Waals surface area contributed by atoms with Crippen molar-refractivity contribution in [2.75, 3.05) is 20.2 Å². The van der Waals surface area contributed by atoms with Crippen LogP contribution < -0.4 is 15.0 Å². The van der Waals surface area contributed by atoms with Gasteiger partial charge in [-0.2, -0.15) is 4.31 Å². The molecule has 3 rings (SSSR count). The molecule has 1 aliphatic rings. The highest BCUT2D eigenvalue weighted by Gasteiger charge is 2.33. The van der Waals surface area contributed by atoms with Gasteiger partial charge < -0.3 is 14.0 Å². The van der Waals surface area contributed by atoms with Gasteiger partial charge in [-0.05, 0) is 43.7 Å². The minimum Gasteiger partial charge on any atom is -0.497 e. The SMILES string of the molecule is COc1ccc(S(=O)(=O)N2CCC(Oc3cc(C)n(C)c(=O)c3)C2)cc1. The van der Waals surface area contributed by atoms with Crippen LogP contribution in [0, 0.1) is 6.92 Å². The van der Waals surface area contributed by atoms with Crippen LogP contribution in [0.5, 0.6) is 11.5 Å². The molecular weight excluding hydrogens is 356 g/mol. The zero-order valence-corrected chi connectivity index (χ0v) is 15.8. The first-order chi connectivity index (χ1) is 12.3. The Hall–Kier alpha value is -2.32. The smallest absolute Gasteiger partial charge is 0.254 e. The summed E-state index contributed by atoms with van der Waals surface area (Å²) in [6.45, 7) is 2.45. The molecule has 26 heavy (non-hydrogen) atoms. The molecule has 140 valence electrons. The zero-order chi connectivity index (χ0) is 18.9. The topological polar surface area (TPSA) is 77.8 Å². The Kier molecular flexibility index (Phi) is 5.06. The molecule has 1 atom stereocenters. The molecule has 7 nitrogen and oxygen atoms in total. The molecule has 0 aliphatic carbocycles. The molecule has 0 spiro atoms. The lowest BCUT2D eigenvalue weighted by Crippen LogP contribution is -2.31. The van der Waals surface area contributed by atoms with E-state index >= 15 is 0 Å². The lowest BCUT2D eigenvalue weighted by Gasteiger charge is -2.18. The summed E-state index contributed by atoms with van der Waals surface area (Å²) in [5.74, 6) is 1.08. The zero-order valence-electron chi connectivity index (χ0n) is 15.0. The fourth-order valence-corrected chi connectivity index (χ4v) is 4.39. The molecule has 0 amide bonds. The largest absolute Gasteiger partial charge is 0.497 e. The lowest BCUT2D eigenvalue weighted by molar-refractivity contribution is 0.214. The average molecular weight is 378 g/mol. The Morgan fingerprint density at radius 3 is 2.42 bits per heavy atom. The van der Waals surface area contributed by atoms with Crippen molar-refractivity contribution in [3.8, 4) is 11.5 Å². The summed E-state index contributed by atoms with van der Waals surface area (Å²) in [6, 6.07) is 9.52. The molecule has 0 saturated carbocycles. The van der Waals surface area contributed by atoms with Gasteiger partial charge in [0.1, 0.15) is 17.6 Å². The maximum Gasteiger partial charge on any atom is 0.254 e. The number of pyridine rings is 1. The first-order valence-corrected chi connectivity index (χ1v) is 9.74. The molecule has 0 N–H and O–H groups in total. The van der Waals surface area contributed by atoms with Crippen LogP contribution in [0.25, 0.3) is 0 Å². The van der Waals surface area contributed by atoms with Gasteiger partial charge in [-0.1, -0.05) is 0 Å². The summed E-state index contributed by atoms with van der Waals surface area (Å²) < 4.78 is 39.4. The van der Waals surface area contributed by atoms with Crippen LogP contribution in [0.4, 0.5) is 0 Å². The van der Waals surface area contributed by atoms with Gasteiger partial charge in [0.15, 0.2) is 0 Å². The Bertz CT molecular complexity index is 951. The Labute approximate surface area is 152 Å². The van der Waals surface area contributed by atoms with Crippen LogP contribution in [0.15, 0.2) is 46.1 Å². The third-order valence-corrected chi connectivity index (χ3v) is 6.46. The van der Waals surface area contributed by atoms with Gasteiger partial charge in [0.2, 0.25) is 10.0 Å². The highest BCUT2D eigenvalue weighted by Crippen LogP contribution is 2.25. The van der Waals surface area contributed by atoms with Gasteiger partial charge in [0.25, 0.3) is 5.56 Å². The van der Waals surface area contributed by atoms with Crippen molar-refractivity contribution in [1.82, 2.24) is 8.87 Å². The van der Waals surface area contributed by atoms with Crippen LogP contribution in [0.1, 0.15) is 12.1 Å². The normalized spacial score (nSPS) is 18.0. The number of aryl methyl sites for hydroxylation is 1. The number of benzene rings is 1. The third-order valence-electron chi connectivity index (χ3n) is 4.58. The van der Waals surface area contributed by atoms with E-state index in [0.29, 0.717) is 24.5 Å². The minimum absolute atomic E-state index is 0.152. The van der Waals surface area contributed by atoms with Crippen molar-refractivity contribution in [2.45, 2.75) is 24.3 Å². The Balaban J connectivity index is 1.72. The van der Waals surface area contributed by atoms with E-state index in [-0.39, 0.29) is 23.1 Å². The molecule has 8 heteroatoms. The van der Waals surface area contributed by atoms with Crippen LogP contribution >= 0.6 is 0 Å². The molecular formula is C18H22N2O5S. The molecule has 0 radical (unpaired) electrons. The van der Waals surface area contributed by atoms with Crippen LogP contribution in [0.3, 0.4) is 0 Å². The van der Waals surface area contributed by atoms with Gasteiger partial charge in [-0.3, -0.25) is 4.79 Å². The maximum atomic E-state index is 12.8. The molecule has 1 aromatic heterocycles. The summed E-state index contributed by atoms with van der Waals surface area (Å²) in [6.07, 6.45) is 0.290. The fraction of sp³-hybridized carbons (Fsp3) is 0.389. The minimum atomic E-state index is -3.58. The van der Waals surface area contributed by atoms with Gasteiger partial charge in [0, 0.05) is 25.4 Å². The number of hydrogen-bond donors (Lipinski definition) is 0. The summed E-state index contributed by atoms with van der Waals surface area (Å²) in [5, 5.41) is 0. The van der Waals surface area contributed by atoms with Crippen molar-refractivity contribution in [3.05, 3.63) is 52.4 Å². The molecule has 1 fully saturated rings. The number of ether oxygens (including phenoxy) is 2. The molecule has 1 saturated heterocycles. The molecule has 1 aliphatic heterocycles. The Morgan fingerprint density at radius 1 is 1.12 bits per heavy atom. The van der Waals surface area contributed by atoms with E-state index in [2.05, 4.69) is 0 Å². The van der Waals surface area contributed by atoms with Crippen LogP contribution in [0.2, 0.25) is 0 Å². The summed E-state index contributed by atoms with van der Waals surface area (Å²) in [7, 11) is -0.353. The van der Waals surface area contributed by atoms with Crippen molar-refractivity contribution in [3.63, 3.8) is 0 Å². The summed E-state index contributed by atoms with van der Waals surface area (Å²) in [4.78, 5) is 12.1. The molecule has 0 bridgehead atoms. The average Bonchev–Trinajstić information content (AvgIpc) is 3.09. The monoisotopic (exact) mass is 378 g/mol. The van der Waals surface area contributed by atoms with Gasteiger partial charge >= 0.3 is 0 Å². The van der Waals surface area contributed by atoms with Gasteiger partial charge in [-0.15, -0.1) is 0 Å². The number of rotatable bonds is 5. The van der Waals surface area contributed by atoms with Gasteiger partial charge in [-0.25, -0.2) is 8.42 Å². The quantitative estimate of drug-likeness (QED) is 0.789. The van der Waals surface area contributed by atoms with Gasteiger partial charge in [0.05, 0.1) is 18.6 Å². The first-order valence-electron chi connectivity index (χ1n) is 8.30. The second-order valence-corrected chi connectivity index (χ2v) is 8.23. The van der Waals surface area contributed by atoms with E-state index in [0.717, 1.165) is 5.69 Å². The molecule has 1 aromatic carbocycles. The number of nitrogens with zero attached hydrogens (tertiary/aromatic N) is 2. The van der Waals surface area contributed by atoms with E-state index < -0.39 is 10.0 Å². The van der Waals surface area contributed by atoms with Crippen LogP contribution in [-0.4, -0.2) is 43.6 Å². The number of hydrogen-bond acceptors (Lipinski definition) is 5. The highest BCUT2D eigenvalue weighted by atomic mass is 32.2. The highest BCUT2D eigenvalue weighted by molar-refractivity contribution is 7.89. The number of methoxy groups -OCH3 is 1. The summed E-state index contributed by atoms with van der Waals surface area (Å²) in [5.41, 5.74) is 0.633. The Morgan fingerprint density at radius 2 is 1.81 bits per heavy atom. The van der Waals surface area contributed by atoms with Crippen molar-refractivity contribution in [1.29, 1.82) is 0 Å². The maximum absolute atomic E-state index is 12.8. The molecule has 2 heterocycles. The van der Waals surface area contributed by atoms with Crippen LogP contribution in [-0.2, 0) is 17.1 Å². The predicted molar refractivity (Wildman–Crippen MR) is 97.2 cm³/mol. The van der Waals surface area contributed by atoms with Crippen molar-refractivity contribution < 1.29 is 17.9 Å². The predicted octanol–water partition coefficient (Wildman–Crippen LogP) is 1.54.